The minimum atomic E-state index is -0.426. The number of hydrogen-bond acceptors (Lipinski definition) is 2. The molecule has 0 aliphatic rings. The topological polar surface area (TPSA) is 45.8 Å². The average molecular weight is 239 g/mol. The van der Waals surface area contributed by atoms with Crippen LogP contribution >= 0.6 is 11.6 Å². The standard InChI is InChI=1S/C11H8ClFN2O/c12-10-6-9(14-15-11(10)16)5-7-2-1-3-8(13)4-7/h1-4,6H,5H2,(H,15,16). The third-order valence-electron chi connectivity index (χ3n) is 2.09. The number of aromatic amines is 1. The van der Waals surface area contributed by atoms with Crippen molar-refractivity contribution in [3.8, 4) is 0 Å². The smallest absolute Gasteiger partial charge is 0.266 e. The fraction of sp³-hybridized carbons (Fsp3) is 0.0909. The van der Waals surface area contributed by atoms with Crippen molar-refractivity contribution in [2.24, 2.45) is 0 Å². The molecule has 0 amide bonds. The van der Waals surface area contributed by atoms with Gasteiger partial charge in [-0.1, -0.05) is 23.7 Å². The molecule has 1 aromatic heterocycles. The number of halogens is 2. The number of H-pyrrole nitrogens is 1. The molecule has 0 spiro atoms. The molecule has 82 valence electrons. The van der Waals surface area contributed by atoms with E-state index in [1.165, 1.54) is 18.2 Å². The molecule has 1 N–H and O–H groups in total. The molecule has 1 heterocycles. The normalized spacial score (nSPS) is 10.4. The first-order chi connectivity index (χ1) is 7.65. The second-order valence-electron chi connectivity index (χ2n) is 3.34. The fourth-order valence-corrected chi connectivity index (χ4v) is 1.53. The maximum Gasteiger partial charge on any atom is 0.282 e. The summed E-state index contributed by atoms with van der Waals surface area (Å²) in [6.45, 7) is 0. The monoisotopic (exact) mass is 238 g/mol. The van der Waals surface area contributed by atoms with Crippen molar-refractivity contribution in [2.75, 3.05) is 0 Å². The van der Waals surface area contributed by atoms with Crippen molar-refractivity contribution >= 4 is 11.6 Å². The number of aromatic nitrogens is 2. The number of benzene rings is 1. The summed E-state index contributed by atoms with van der Waals surface area (Å²) in [6, 6.07) is 7.67. The van der Waals surface area contributed by atoms with Crippen molar-refractivity contribution in [3.05, 3.63) is 62.8 Å². The zero-order valence-electron chi connectivity index (χ0n) is 8.21. The molecular formula is C11H8ClFN2O. The molecule has 5 heteroatoms. The minimum absolute atomic E-state index is 0.0846. The van der Waals surface area contributed by atoms with Gasteiger partial charge in [-0.2, -0.15) is 5.10 Å². The molecule has 0 fully saturated rings. The van der Waals surface area contributed by atoms with Crippen molar-refractivity contribution in [3.63, 3.8) is 0 Å². The molecule has 1 aromatic carbocycles. The van der Waals surface area contributed by atoms with Gasteiger partial charge >= 0.3 is 0 Å². The van der Waals surface area contributed by atoms with Gasteiger partial charge in [0.2, 0.25) is 0 Å². The molecule has 0 unspecified atom stereocenters. The van der Waals surface area contributed by atoms with E-state index < -0.39 is 5.56 Å². The predicted molar refractivity (Wildman–Crippen MR) is 59.1 cm³/mol. The second kappa shape index (κ2) is 4.45. The summed E-state index contributed by atoms with van der Waals surface area (Å²) in [4.78, 5) is 11.0. The molecule has 2 aromatic rings. The zero-order valence-corrected chi connectivity index (χ0v) is 8.96. The van der Waals surface area contributed by atoms with Crippen molar-refractivity contribution in [2.45, 2.75) is 6.42 Å². The first kappa shape index (κ1) is 10.8. The average Bonchev–Trinajstić information content (AvgIpc) is 2.24. The molecule has 2 rings (SSSR count). The van der Waals surface area contributed by atoms with Crippen LogP contribution in [0.25, 0.3) is 0 Å². The van der Waals surface area contributed by atoms with E-state index in [0.29, 0.717) is 12.1 Å². The Balaban J connectivity index is 2.27. The fourth-order valence-electron chi connectivity index (χ4n) is 1.37. The molecule has 0 radical (unpaired) electrons. The van der Waals surface area contributed by atoms with Crippen LogP contribution in [0.5, 0.6) is 0 Å². The Kier molecular flexibility index (Phi) is 3.01. The van der Waals surface area contributed by atoms with Gasteiger partial charge in [0.05, 0.1) is 5.69 Å². The van der Waals surface area contributed by atoms with Crippen molar-refractivity contribution < 1.29 is 4.39 Å². The molecule has 0 bridgehead atoms. The summed E-state index contributed by atoms with van der Waals surface area (Å²) in [5.74, 6) is -0.298. The quantitative estimate of drug-likeness (QED) is 0.872. The van der Waals surface area contributed by atoms with Crippen LogP contribution in [-0.4, -0.2) is 10.2 Å². The largest absolute Gasteiger partial charge is 0.282 e. The second-order valence-corrected chi connectivity index (χ2v) is 3.75. The summed E-state index contributed by atoms with van der Waals surface area (Å²) in [5, 5.41) is 6.18. The van der Waals surface area contributed by atoms with E-state index in [9.17, 15) is 9.18 Å². The summed E-state index contributed by atoms with van der Waals surface area (Å²) < 4.78 is 12.9. The lowest BCUT2D eigenvalue weighted by Gasteiger charge is -2.00. The molecule has 16 heavy (non-hydrogen) atoms. The molecular weight excluding hydrogens is 231 g/mol. The maximum absolute atomic E-state index is 12.9. The Morgan fingerprint density at radius 1 is 1.38 bits per heavy atom. The summed E-state index contributed by atoms with van der Waals surface area (Å²) in [6.07, 6.45) is 0.425. The summed E-state index contributed by atoms with van der Waals surface area (Å²) in [5.41, 5.74) is 0.940. The van der Waals surface area contributed by atoms with Gasteiger partial charge in [0.15, 0.2) is 0 Å². The molecule has 0 aliphatic carbocycles. The lowest BCUT2D eigenvalue weighted by molar-refractivity contribution is 0.626. The van der Waals surface area contributed by atoms with E-state index in [4.69, 9.17) is 11.6 Å². The Labute approximate surface area is 95.9 Å². The van der Waals surface area contributed by atoms with E-state index in [1.807, 2.05) is 0 Å². The van der Waals surface area contributed by atoms with Crippen LogP contribution in [0.3, 0.4) is 0 Å². The first-order valence-electron chi connectivity index (χ1n) is 4.64. The maximum atomic E-state index is 12.9. The number of nitrogens with zero attached hydrogens (tertiary/aromatic N) is 1. The number of rotatable bonds is 2. The highest BCUT2D eigenvalue weighted by molar-refractivity contribution is 6.30. The lowest BCUT2D eigenvalue weighted by atomic mass is 10.1. The van der Waals surface area contributed by atoms with Crippen LogP contribution in [0, 0.1) is 5.82 Å². The third kappa shape index (κ3) is 2.46. The Morgan fingerprint density at radius 2 is 2.19 bits per heavy atom. The summed E-state index contributed by atoms with van der Waals surface area (Å²) >= 11 is 5.65. The van der Waals surface area contributed by atoms with Crippen LogP contribution < -0.4 is 5.56 Å². The Morgan fingerprint density at radius 3 is 2.88 bits per heavy atom. The zero-order chi connectivity index (χ0) is 11.5. The van der Waals surface area contributed by atoms with Crippen LogP contribution in [-0.2, 0) is 6.42 Å². The number of hydrogen-bond donors (Lipinski definition) is 1. The SMILES string of the molecule is O=c1[nH]nc(Cc2cccc(F)c2)cc1Cl. The third-order valence-corrected chi connectivity index (χ3v) is 2.37. The Hall–Kier alpha value is -1.68. The van der Waals surface area contributed by atoms with Gasteiger partial charge in [0, 0.05) is 6.42 Å². The molecule has 0 saturated heterocycles. The van der Waals surface area contributed by atoms with Gasteiger partial charge in [-0.25, -0.2) is 9.49 Å². The van der Waals surface area contributed by atoms with E-state index in [0.717, 1.165) is 5.56 Å². The van der Waals surface area contributed by atoms with Crippen LogP contribution in [0.2, 0.25) is 5.02 Å². The van der Waals surface area contributed by atoms with Crippen molar-refractivity contribution in [1.82, 2.24) is 10.2 Å². The van der Waals surface area contributed by atoms with Gasteiger partial charge in [0.25, 0.3) is 5.56 Å². The number of nitrogens with one attached hydrogen (secondary N) is 1. The highest BCUT2D eigenvalue weighted by Crippen LogP contribution is 2.10. The van der Waals surface area contributed by atoms with Crippen molar-refractivity contribution in [1.29, 1.82) is 0 Å². The Bertz CT molecular complexity index is 568. The van der Waals surface area contributed by atoms with E-state index >= 15 is 0 Å². The van der Waals surface area contributed by atoms with Crippen LogP contribution in [0.4, 0.5) is 4.39 Å². The minimum Gasteiger partial charge on any atom is -0.266 e. The highest BCUT2D eigenvalue weighted by atomic mass is 35.5. The summed E-state index contributed by atoms with van der Waals surface area (Å²) in [7, 11) is 0. The van der Waals surface area contributed by atoms with Crippen LogP contribution in [0.15, 0.2) is 35.1 Å². The predicted octanol–water partition coefficient (Wildman–Crippen LogP) is 2.15. The van der Waals surface area contributed by atoms with Gasteiger partial charge < -0.3 is 0 Å². The van der Waals surface area contributed by atoms with Gasteiger partial charge in [-0.3, -0.25) is 4.79 Å². The highest BCUT2D eigenvalue weighted by Gasteiger charge is 2.02. The van der Waals surface area contributed by atoms with Gasteiger partial charge in [0.1, 0.15) is 10.8 Å². The van der Waals surface area contributed by atoms with E-state index in [2.05, 4.69) is 10.2 Å². The van der Waals surface area contributed by atoms with Gasteiger partial charge in [-0.05, 0) is 23.8 Å². The molecule has 0 aliphatic heterocycles. The molecule has 0 atom stereocenters. The molecule has 3 nitrogen and oxygen atoms in total. The van der Waals surface area contributed by atoms with E-state index in [-0.39, 0.29) is 10.8 Å². The first-order valence-corrected chi connectivity index (χ1v) is 5.01. The van der Waals surface area contributed by atoms with E-state index in [1.54, 1.807) is 12.1 Å². The lowest BCUT2D eigenvalue weighted by Crippen LogP contribution is -2.10. The van der Waals surface area contributed by atoms with Gasteiger partial charge in [-0.15, -0.1) is 0 Å². The van der Waals surface area contributed by atoms with Crippen LogP contribution in [0.1, 0.15) is 11.3 Å². The molecule has 0 saturated carbocycles.